The van der Waals surface area contributed by atoms with E-state index in [2.05, 4.69) is 29.7 Å². The van der Waals surface area contributed by atoms with Crippen molar-refractivity contribution in [2.45, 2.75) is 39.5 Å². The molecule has 0 saturated carbocycles. The van der Waals surface area contributed by atoms with Crippen molar-refractivity contribution < 1.29 is 0 Å². The highest BCUT2D eigenvalue weighted by atomic mass is 15.3. The Balaban J connectivity index is 1.74. The molecule has 0 aromatic carbocycles. The largest absolute Gasteiger partial charge is 0.357 e. The molecule has 4 rings (SSSR count). The van der Waals surface area contributed by atoms with E-state index in [9.17, 15) is 0 Å². The minimum atomic E-state index is 0.350. The van der Waals surface area contributed by atoms with E-state index in [1.54, 1.807) is 0 Å². The molecule has 0 bridgehead atoms. The molecule has 21 heavy (non-hydrogen) atoms. The molecule has 0 amide bonds. The molecule has 0 aromatic rings. The van der Waals surface area contributed by atoms with Crippen LogP contribution in [0, 0.1) is 5.92 Å². The number of nitrogens with zero attached hydrogens (tertiary/aromatic N) is 4. The van der Waals surface area contributed by atoms with Crippen molar-refractivity contribution >= 4 is 11.4 Å². The maximum Gasteiger partial charge on any atom is 0.137 e. The van der Waals surface area contributed by atoms with E-state index in [-0.39, 0.29) is 0 Å². The van der Waals surface area contributed by atoms with Crippen LogP contribution in [0.25, 0.3) is 0 Å². The van der Waals surface area contributed by atoms with Gasteiger partial charge in [-0.15, -0.1) is 0 Å². The molecule has 4 aliphatic heterocycles. The third-order valence-electron chi connectivity index (χ3n) is 5.18. The lowest BCUT2D eigenvalue weighted by Gasteiger charge is -2.27. The van der Waals surface area contributed by atoms with Gasteiger partial charge in [0.25, 0.3) is 0 Å². The van der Waals surface area contributed by atoms with Gasteiger partial charge in [-0.1, -0.05) is 6.92 Å². The van der Waals surface area contributed by atoms with E-state index < -0.39 is 0 Å². The van der Waals surface area contributed by atoms with Crippen molar-refractivity contribution in [3.8, 4) is 0 Å². The second-order valence-corrected chi connectivity index (χ2v) is 6.60. The van der Waals surface area contributed by atoms with Crippen LogP contribution >= 0.6 is 0 Å². The molecule has 0 spiro atoms. The molecular weight excluding hydrogens is 260 g/mol. The van der Waals surface area contributed by atoms with Crippen molar-refractivity contribution in [1.29, 1.82) is 0 Å². The number of rotatable bonds is 2. The number of aliphatic imine (C=N–C) groups is 2. The minimum Gasteiger partial charge on any atom is -0.357 e. The average Bonchev–Trinajstić information content (AvgIpc) is 3.23. The summed E-state index contributed by atoms with van der Waals surface area (Å²) < 4.78 is 0. The number of allylic oxidation sites excluding steroid dienone is 2. The van der Waals surface area contributed by atoms with Crippen LogP contribution in [-0.2, 0) is 0 Å². The first kappa shape index (κ1) is 13.1. The Morgan fingerprint density at radius 2 is 1.57 bits per heavy atom. The van der Waals surface area contributed by atoms with Crippen LogP contribution in [0.3, 0.4) is 0 Å². The summed E-state index contributed by atoms with van der Waals surface area (Å²) in [6, 6.07) is 0. The maximum absolute atomic E-state index is 4.98. The third-order valence-corrected chi connectivity index (χ3v) is 5.18. The van der Waals surface area contributed by atoms with E-state index in [1.165, 1.54) is 54.3 Å². The van der Waals surface area contributed by atoms with Crippen molar-refractivity contribution in [3.63, 3.8) is 0 Å². The molecule has 1 atom stereocenters. The highest BCUT2D eigenvalue weighted by Crippen LogP contribution is 2.34. The van der Waals surface area contributed by atoms with Gasteiger partial charge >= 0.3 is 0 Å². The van der Waals surface area contributed by atoms with Crippen LogP contribution in [0.4, 0.5) is 0 Å². The minimum absolute atomic E-state index is 0.350. The Kier molecular flexibility index (Phi) is 3.12. The summed E-state index contributed by atoms with van der Waals surface area (Å²) in [5.74, 6) is 2.70. The highest BCUT2D eigenvalue weighted by molar-refractivity contribution is 6.19. The topological polar surface area (TPSA) is 31.2 Å². The molecule has 4 nitrogen and oxygen atoms in total. The van der Waals surface area contributed by atoms with Gasteiger partial charge in [0.1, 0.15) is 11.6 Å². The molecule has 0 radical (unpaired) electrons. The molecule has 2 fully saturated rings. The molecule has 0 N–H and O–H groups in total. The van der Waals surface area contributed by atoms with Gasteiger partial charge in [0.15, 0.2) is 0 Å². The first-order valence-electron chi connectivity index (χ1n) is 8.34. The average molecular weight is 284 g/mol. The lowest BCUT2D eigenvalue weighted by atomic mass is 9.92. The van der Waals surface area contributed by atoms with Gasteiger partial charge in [0, 0.05) is 43.4 Å². The smallest absolute Gasteiger partial charge is 0.137 e. The predicted octanol–water partition coefficient (Wildman–Crippen LogP) is 2.80. The first-order chi connectivity index (χ1) is 10.2. The first-order valence-corrected chi connectivity index (χ1v) is 8.34. The summed E-state index contributed by atoms with van der Waals surface area (Å²) >= 11 is 0. The summed E-state index contributed by atoms with van der Waals surface area (Å²) in [5, 5.41) is 0. The summed E-state index contributed by atoms with van der Waals surface area (Å²) in [6.07, 6.45) is 7.46. The summed E-state index contributed by atoms with van der Waals surface area (Å²) in [5.41, 5.74) is 3.73. The van der Waals surface area contributed by atoms with Crippen molar-refractivity contribution in [2.75, 3.05) is 26.2 Å². The lowest BCUT2D eigenvalue weighted by molar-refractivity contribution is 0.417. The van der Waals surface area contributed by atoms with Crippen molar-refractivity contribution in [2.24, 2.45) is 15.9 Å². The number of likely N-dealkylation sites (tertiary alicyclic amines) is 2. The molecule has 1 unspecified atom stereocenters. The number of hydrogen-bond donors (Lipinski definition) is 0. The normalized spacial score (nSPS) is 28.9. The predicted molar refractivity (Wildman–Crippen MR) is 86.4 cm³/mol. The molecule has 4 heterocycles. The van der Waals surface area contributed by atoms with E-state index in [4.69, 9.17) is 9.98 Å². The fraction of sp³-hybridized carbons (Fsp3) is 0.647. The molecule has 2 saturated heterocycles. The van der Waals surface area contributed by atoms with Crippen LogP contribution in [0.2, 0.25) is 0 Å². The SMILES string of the molecule is CC1=NC(N2CCCC2)=C2C=C(N3CCCC3)N=C2C1C. The second kappa shape index (κ2) is 5.00. The lowest BCUT2D eigenvalue weighted by Crippen LogP contribution is -2.30. The van der Waals surface area contributed by atoms with E-state index in [0.717, 1.165) is 26.2 Å². The molecule has 0 aliphatic carbocycles. The van der Waals surface area contributed by atoms with Gasteiger partial charge < -0.3 is 9.80 Å². The van der Waals surface area contributed by atoms with E-state index in [0.29, 0.717) is 5.92 Å². The Morgan fingerprint density at radius 1 is 0.952 bits per heavy atom. The highest BCUT2D eigenvalue weighted by Gasteiger charge is 2.33. The third kappa shape index (κ3) is 2.12. The van der Waals surface area contributed by atoms with Gasteiger partial charge in [0.05, 0.1) is 5.71 Å². The van der Waals surface area contributed by atoms with Gasteiger partial charge in [0.2, 0.25) is 0 Å². The fourth-order valence-electron chi connectivity index (χ4n) is 3.73. The zero-order valence-corrected chi connectivity index (χ0v) is 13.1. The number of hydrogen-bond acceptors (Lipinski definition) is 4. The second-order valence-electron chi connectivity index (χ2n) is 6.60. The number of fused-ring (bicyclic) bond motifs is 1. The Morgan fingerprint density at radius 3 is 2.24 bits per heavy atom. The zero-order valence-electron chi connectivity index (χ0n) is 13.1. The monoisotopic (exact) mass is 284 g/mol. The van der Waals surface area contributed by atoms with Gasteiger partial charge in [-0.25, -0.2) is 9.98 Å². The molecule has 0 aromatic heterocycles. The van der Waals surface area contributed by atoms with Crippen molar-refractivity contribution in [3.05, 3.63) is 23.3 Å². The summed E-state index contributed by atoms with van der Waals surface area (Å²) in [4.78, 5) is 14.8. The van der Waals surface area contributed by atoms with Crippen LogP contribution < -0.4 is 0 Å². The van der Waals surface area contributed by atoms with E-state index >= 15 is 0 Å². The Bertz CT molecular complexity index is 570. The standard InChI is InChI=1S/C17H24N4/c1-12-13(2)18-17(21-9-5-6-10-21)14-11-15(19-16(12)14)20-7-3-4-8-20/h11-12H,3-10H2,1-2H3. The Labute approximate surface area is 126 Å². The van der Waals surface area contributed by atoms with Crippen LogP contribution in [0.1, 0.15) is 39.5 Å². The van der Waals surface area contributed by atoms with Gasteiger partial charge in [-0.2, -0.15) is 0 Å². The molecular formula is C17H24N4. The van der Waals surface area contributed by atoms with Gasteiger partial charge in [-0.05, 0) is 38.7 Å². The maximum atomic E-state index is 4.98. The molecule has 112 valence electrons. The zero-order chi connectivity index (χ0) is 14.4. The van der Waals surface area contributed by atoms with E-state index in [1.807, 2.05) is 0 Å². The van der Waals surface area contributed by atoms with Crippen LogP contribution in [0.15, 0.2) is 33.3 Å². The quantitative estimate of drug-likeness (QED) is 0.781. The summed E-state index contributed by atoms with van der Waals surface area (Å²) in [7, 11) is 0. The fourth-order valence-corrected chi connectivity index (χ4v) is 3.73. The molecule has 4 heteroatoms. The summed E-state index contributed by atoms with van der Waals surface area (Å²) in [6.45, 7) is 8.98. The Hall–Kier alpha value is -1.58. The van der Waals surface area contributed by atoms with Gasteiger partial charge in [-0.3, -0.25) is 0 Å². The van der Waals surface area contributed by atoms with Crippen LogP contribution in [0.5, 0.6) is 0 Å². The van der Waals surface area contributed by atoms with Crippen LogP contribution in [-0.4, -0.2) is 47.4 Å². The molecule has 4 aliphatic rings. The van der Waals surface area contributed by atoms with Crippen molar-refractivity contribution in [1.82, 2.24) is 9.80 Å².